The monoisotopic (exact) mass is 303 g/mol. The second kappa shape index (κ2) is 12.1. The van der Waals surface area contributed by atoms with E-state index in [1.54, 1.807) is 18.3 Å². The lowest BCUT2D eigenvalue weighted by Gasteiger charge is -2.15. The predicted octanol–water partition coefficient (Wildman–Crippen LogP) is 3.72. The van der Waals surface area contributed by atoms with Crippen molar-refractivity contribution in [3.8, 4) is 6.07 Å². The lowest BCUT2D eigenvalue weighted by Crippen LogP contribution is -2.26. The molecular weight excluding hydrogens is 274 g/mol. The van der Waals surface area contributed by atoms with Gasteiger partial charge >= 0.3 is 0 Å². The molecule has 0 amide bonds. The number of pyridine rings is 1. The molecule has 4 nitrogen and oxygen atoms in total. The quantitative estimate of drug-likeness (QED) is 0.577. The van der Waals surface area contributed by atoms with E-state index >= 15 is 0 Å². The topological polar surface area (TPSA) is 68.9 Å². The van der Waals surface area contributed by atoms with Crippen LogP contribution in [-0.4, -0.2) is 23.2 Å². The molecular formula is C18H29N3O. The zero-order chi connectivity index (χ0) is 16.0. The average molecular weight is 303 g/mol. The molecule has 0 aliphatic rings. The summed E-state index contributed by atoms with van der Waals surface area (Å²) in [4.78, 5) is 4.23. The second-order valence-electron chi connectivity index (χ2n) is 5.75. The molecule has 2 N–H and O–H groups in total. The van der Waals surface area contributed by atoms with Gasteiger partial charge in [-0.1, -0.05) is 51.9 Å². The Morgan fingerprint density at radius 3 is 2.36 bits per heavy atom. The van der Waals surface area contributed by atoms with Gasteiger partial charge in [0.05, 0.1) is 23.9 Å². The van der Waals surface area contributed by atoms with Crippen molar-refractivity contribution in [2.75, 3.05) is 13.2 Å². The largest absolute Gasteiger partial charge is 0.394 e. The van der Waals surface area contributed by atoms with E-state index in [9.17, 15) is 5.11 Å². The molecule has 0 bridgehead atoms. The van der Waals surface area contributed by atoms with Crippen molar-refractivity contribution in [1.29, 1.82) is 5.26 Å². The molecule has 0 radical (unpaired) electrons. The van der Waals surface area contributed by atoms with E-state index in [-0.39, 0.29) is 12.6 Å². The summed E-state index contributed by atoms with van der Waals surface area (Å²) in [5, 5.41) is 21.6. The third-order valence-corrected chi connectivity index (χ3v) is 3.88. The Bertz CT molecular complexity index is 425. The summed E-state index contributed by atoms with van der Waals surface area (Å²) < 4.78 is 0. The fraction of sp³-hybridized carbons (Fsp3) is 0.667. The van der Waals surface area contributed by atoms with Gasteiger partial charge in [0.1, 0.15) is 6.07 Å². The maximum absolute atomic E-state index is 9.46. The number of nitrogens with one attached hydrogen (secondary N) is 1. The molecule has 0 saturated carbocycles. The highest BCUT2D eigenvalue weighted by atomic mass is 16.3. The molecule has 0 aromatic carbocycles. The van der Waals surface area contributed by atoms with Crippen LogP contribution in [0, 0.1) is 11.3 Å². The second-order valence-corrected chi connectivity index (χ2v) is 5.75. The van der Waals surface area contributed by atoms with E-state index in [1.165, 1.54) is 44.9 Å². The number of unbranched alkanes of at least 4 members (excludes halogenated alkanes) is 7. The fourth-order valence-corrected chi connectivity index (χ4v) is 2.48. The normalized spacial score (nSPS) is 12.0. The van der Waals surface area contributed by atoms with Crippen LogP contribution in [0.5, 0.6) is 0 Å². The zero-order valence-corrected chi connectivity index (χ0v) is 13.7. The van der Waals surface area contributed by atoms with Crippen molar-refractivity contribution in [3.63, 3.8) is 0 Å². The van der Waals surface area contributed by atoms with Gasteiger partial charge in [0.15, 0.2) is 0 Å². The highest BCUT2D eigenvalue weighted by Gasteiger charge is 2.10. The van der Waals surface area contributed by atoms with E-state index in [2.05, 4.69) is 23.3 Å². The number of hydrogen-bond acceptors (Lipinski definition) is 4. The van der Waals surface area contributed by atoms with Crippen molar-refractivity contribution in [2.45, 2.75) is 64.3 Å². The Kier molecular flexibility index (Phi) is 10.3. The van der Waals surface area contributed by atoms with Gasteiger partial charge in [-0.15, -0.1) is 0 Å². The Hall–Kier alpha value is -1.44. The van der Waals surface area contributed by atoms with Gasteiger partial charge in [-0.3, -0.25) is 4.98 Å². The maximum Gasteiger partial charge on any atom is 0.101 e. The van der Waals surface area contributed by atoms with Gasteiger partial charge < -0.3 is 10.4 Å². The van der Waals surface area contributed by atoms with Crippen LogP contribution >= 0.6 is 0 Å². The van der Waals surface area contributed by atoms with Crippen molar-refractivity contribution >= 4 is 0 Å². The highest BCUT2D eigenvalue weighted by Crippen LogP contribution is 2.11. The third-order valence-electron chi connectivity index (χ3n) is 3.88. The first kappa shape index (κ1) is 18.6. The van der Waals surface area contributed by atoms with Crippen LogP contribution in [0.25, 0.3) is 0 Å². The maximum atomic E-state index is 9.46. The minimum Gasteiger partial charge on any atom is -0.394 e. The molecule has 0 fully saturated rings. The number of aliphatic hydroxyl groups is 1. The van der Waals surface area contributed by atoms with E-state index in [1.807, 2.05) is 0 Å². The third kappa shape index (κ3) is 7.53. The van der Waals surface area contributed by atoms with E-state index < -0.39 is 0 Å². The van der Waals surface area contributed by atoms with Gasteiger partial charge in [0.25, 0.3) is 0 Å². The van der Waals surface area contributed by atoms with Gasteiger partial charge in [0, 0.05) is 6.20 Å². The summed E-state index contributed by atoms with van der Waals surface area (Å²) in [6.45, 7) is 3.16. The average Bonchev–Trinajstić information content (AvgIpc) is 2.57. The molecule has 0 spiro atoms. The molecule has 122 valence electrons. The minimum absolute atomic E-state index is 0.0237. The smallest absolute Gasteiger partial charge is 0.101 e. The van der Waals surface area contributed by atoms with Crippen LogP contribution in [0.15, 0.2) is 18.3 Å². The Balaban J connectivity index is 2.15. The van der Waals surface area contributed by atoms with E-state index in [0.717, 1.165) is 18.7 Å². The predicted molar refractivity (Wildman–Crippen MR) is 89.4 cm³/mol. The summed E-state index contributed by atoms with van der Waals surface area (Å²) in [5.74, 6) is 0. The number of aromatic nitrogens is 1. The number of nitriles is 1. The molecule has 1 heterocycles. The van der Waals surface area contributed by atoms with Crippen LogP contribution in [0.3, 0.4) is 0 Å². The Morgan fingerprint density at radius 1 is 1.14 bits per heavy atom. The first-order valence-electron chi connectivity index (χ1n) is 8.52. The van der Waals surface area contributed by atoms with Crippen LogP contribution in [0.2, 0.25) is 0 Å². The number of nitrogens with zero attached hydrogens (tertiary/aromatic N) is 2. The molecule has 0 aliphatic heterocycles. The fourth-order valence-electron chi connectivity index (χ4n) is 2.48. The molecule has 1 aromatic rings. The van der Waals surface area contributed by atoms with Gasteiger partial charge in [-0.2, -0.15) is 5.26 Å². The first-order valence-corrected chi connectivity index (χ1v) is 8.52. The molecule has 22 heavy (non-hydrogen) atoms. The van der Waals surface area contributed by atoms with Crippen molar-refractivity contribution in [1.82, 2.24) is 10.3 Å². The van der Waals surface area contributed by atoms with Gasteiger partial charge in [0.2, 0.25) is 0 Å². The summed E-state index contributed by atoms with van der Waals surface area (Å²) in [5.41, 5.74) is 1.34. The Labute approximate surface area is 134 Å². The van der Waals surface area contributed by atoms with E-state index in [0.29, 0.717) is 5.56 Å². The Morgan fingerprint density at radius 2 is 1.82 bits per heavy atom. The number of rotatable bonds is 12. The SMILES string of the molecule is CCCCCCCCCCN[C@@H](CO)c1ccc(C#N)cn1. The first-order chi connectivity index (χ1) is 10.8. The molecule has 1 atom stereocenters. The van der Waals surface area contributed by atoms with E-state index in [4.69, 9.17) is 5.26 Å². The molecule has 0 aliphatic carbocycles. The highest BCUT2D eigenvalue weighted by molar-refractivity contribution is 5.27. The summed E-state index contributed by atoms with van der Waals surface area (Å²) in [6, 6.07) is 5.45. The summed E-state index contributed by atoms with van der Waals surface area (Å²) >= 11 is 0. The van der Waals surface area contributed by atoms with Gasteiger partial charge in [-0.05, 0) is 25.1 Å². The number of aliphatic hydroxyl groups excluding tert-OH is 1. The van der Waals surface area contributed by atoms with Crippen LogP contribution in [-0.2, 0) is 0 Å². The van der Waals surface area contributed by atoms with Crippen molar-refractivity contribution in [2.24, 2.45) is 0 Å². The standard InChI is InChI=1S/C18H29N3O/c1-2-3-4-5-6-7-8-9-12-20-18(15-22)17-11-10-16(13-19)14-21-17/h10-11,14,18,20,22H,2-9,12,15H2,1H3/t18-/m0/s1. The lowest BCUT2D eigenvalue weighted by atomic mass is 10.1. The summed E-state index contributed by atoms with van der Waals surface area (Å²) in [7, 11) is 0. The van der Waals surface area contributed by atoms with Crippen LogP contribution in [0.1, 0.15) is 75.6 Å². The summed E-state index contributed by atoms with van der Waals surface area (Å²) in [6.07, 6.45) is 11.9. The van der Waals surface area contributed by atoms with Crippen molar-refractivity contribution in [3.05, 3.63) is 29.6 Å². The van der Waals surface area contributed by atoms with Crippen molar-refractivity contribution < 1.29 is 5.11 Å². The molecule has 0 unspecified atom stereocenters. The molecule has 1 aromatic heterocycles. The zero-order valence-electron chi connectivity index (χ0n) is 13.7. The molecule has 1 rings (SSSR count). The van der Waals surface area contributed by atoms with Gasteiger partial charge in [-0.25, -0.2) is 0 Å². The number of hydrogen-bond donors (Lipinski definition) is 2. The van der Waals surface area contributed by atoms with Crippen LogP contribution in [0.4, 0.5) is 0 Å². The minimum atomic E-state index is -0.141. The molecule has 0 saturated heterocycles. The lowest BCUT2D eigenvalue weighted by molar-refractivity contribution is 0.241. The molecule has 4 heteroatoms. The van der Waals surface area contributed by atoms with Crippen LogP contribution < -0.4 is 5.32 Å².